The third kappa shape index (κ3) is 4.71. The Morgan fingerprint density at radius 1 is 1.09 bits per heavy atom. The van der Waals surface area contributed by atoms with Gasteiger partial charge in [-0.25, -0.2) is 4.68 Å². The first-order valence-electron chi connectivity index (χ1n) is 11.4. The van der Waals surface area contributed by atoms with Crippen LogP contribution in [0.1, 0.15) is 30.3 Å². The molecule has 0 spiro atoms. The highest BCUT2D eigenvalue weighted by Crippen LogP contribution is 2.29. The lowest BCUT2D eigenvalue weighted by atomic mass is 10.1. The molecule has 3 aromatic rings. The molecule has 8 nitrogen and oxygen atoms in total. The minimum atomic E-state index is -0.602. The van der Waals surface area contributed by atoms with Crippen LogP contribution in [0.25, 0.3) is 5.69 Å². The van der Waals surface area contributed by atoms with Gasteiger partial charge in [0.2, 0.25) is 5.91 Å². The minimum absolute atomic E-state index is 0.0700. The number of nitrogens with zero attached hydrogens (tertiary/aromatic N) is 3. The molecule has 1 aliphatic rings. The van der Waals surface area contributed by atoms with E-state index in [-0.39, 0.29) is 18.9 Å². The van der Waals surface area contributed by atoms with Crippen molar-refractivity contribution in [2.24, 2.45) is 5.92 Å². The number of carbonyl (C=O) groups is 3. The zero-order valence-electron chi connectivity index (χ0n) is 19.6. The van der Waals surface area contributed by atoms with Crippen LogP contribution < -0.4 is 10.2 Å². The van der Waals surface area contributed by atoms with Crippen LogP contribution in [0.4, 0.5) is 11.4 Å². The molecule has 1 N–H and O–H groups in total. The molecule has 2 aromatic carbocycles. The van der Waals surface area contributed by atoms with Crippen LogP contribution in [-0.2, 0) is 25.5 Å². The first kappa shape index (κ1) is 23.2. The molecule has 1 aliphatic heterocycles. The van der Waals surface area contributed by atoms with Gasteiger partial charge in [-0.15, -0.1) is 0 Å². The number of esters is 1. The van der Waals surface area contributed by atoms with Gasteiger partial charge in [-0.05, 0) is 44.0 Å². The van der Waals surface area contributed by atoms with Gasteiger partial charge in [-0.2, -0.15) is 5.10 Å². The highest BCUT2D eigenvalue weighted by Gasteiger charge is 2.37. The lowest BCUT2D eigenvalue weighted by Gasteiger charge is -2.19. The average molecular weight is 461 g/mol. The van der Waals surface area contributed by atoms with Gasteiger partial charge in [0.05, 0.1) is 28.7 Å². The van der Waals surface area contributed by atoms with E-state index < -0.39 is 24.4 Å². The number of hydrogen-bond acceptors (Lipinski definition) is 5. The lowest BCUT2D eigenvalue weighted by Crippen LogP contribution is -2.28. The van der Waals surface area contributed by atoms with Crippen molar-refractivity contribution in [2.75, 3.05) is 23.4 Å². The molecule has 0 bridgehead atoms. The van der Waals surface area contributed by atoms with Crippen LogP contribution in [0.15, 0.2) is 54.6 Å². The first-order valence-corrected chi connectivity index (χ1v) is 11.4. The third-order valence-corrected chi connectivity index (χ3v) is 6.02. The number of nitrogens with one attached hydrogen (secondary N) is 1. The zero-order valence-corrected chi connectivity index (χ0v) is 19.6. The van der Waals surface area contributed by atoms with E-state index in [1.807, 2.05) is 68.4 Å². The number of rotatable bonds is 7. The van der Waals surface area contributed by atoms with Crippen molar-refractivity contribution < 1.29 is 19.1 Å². The Bertz CT molecular complexity index is 1220. The second kappa shape index (κ2) is 9.91. The Hall–Kier alpha value is -3.94. The van der Waals surface area contributed by atoms with Crippen molar-refractivity contribution in [3.63, 3.8) is 0 Å². The number of aryl methyl sites for hydroxylation is 2. The van der Waals surface area contributed by atoms with E-state index in [4.69, 9.17) is 4.74 Å². The molecule has 1 atom stereocenters. The summed E-state index contributed by atoms with van der Waals surface area (Å²) in [6.45, 7) is 5.52. The molecule has 1 saturated heterocycles. The zero-order chi connectivity index (χ0) is 24.2. The molecule has 8 heteroatoms. The summed E-state index contributed by atoms with van der Waals surface area (Å²) in [5, 5.41) is 7.30. The highest BCUT2D eigenvalue weighted by molar-refractivity contribution is 6.00. The lowest BCUT2D eigenvalue weighted by molar-refractivity contribution is -0.151. The smallest absolute Gasteiger partial charge is 0.311 e. The predicted octanol–water partition coefficient (Wildman–Crippen LogP) is 3.59. The molecule has 1 fully saturated rings. The molecule has 4 rings (SSSR count). The van der Waals surface area contributed by atoms with Crippen molar-refractivity contribution in [3.8, 4) is 5.69 Å². The number of ether oxygens (including phenoxy) is 1. The number of para-hydroxylation sites is 2. The molecular formula is C26H28N4O4. The van der Waals surface area contributed by atoms with Gasteiger partial charge >= 0.3 is 5.97 Å². The number of carbonyl (C=O) groups excluding carboxylic acids is 3. The summed E-state index contributed by atoms with van der Waals surface area (Å²) in [6.07, 6.45) is 0.857. The first-order chi connectivity index (χ1) is 16.4. The molecule has 34 heavy (non-hydrogen) atoms. The summed E-state index contributed by atoms with van der Waals surface area (Å²) in [6, 6.07) is 17.3. The maximum absolute atomic E-state index is 12.6. The average Bonchev–Trinajstić information content (AvgIpc) is 3.37. The monoisotopic (exact) mass is 460 g/mol. The molecule has 1 unspecified atom stereocenters. The second-order valence-corrected chi connectivity index (χ2v) is 8.34. The summed E-state index contributed by atoms with van der Waals surface area (Å²) in [7, 11) is 0. The van der Waals surface area contributed by atoms with Crippen LogP contribution in [0, 0.1) is 19.8 Å². The summed E-state index contributed by atoms with van der Waals surface area (Å²) < 4.78 is 7.02. The Morgan fingerprint density at radius 2 is 1.79 bits per heavy atom. The molecule has 2 heterocycles. The Kier molecular flexibility index (Phi) is 6.77. The van der Waals surface area contributed by atoms with Gasteiger partial charge in [0, 0.05) is 18.7 Å². The summed E-state index contributed by atoms with van der Waals surface area (Å²) in [5.41, 5.74) is 4.77. The van der Waals surface area contributed by atoms with Crippen LogP contribution in [0.3, 0.4) is 0 Å². The van der Waals surface area contributed by atoms with E-state index >= 15 is 0 Å². The molecular weight excluding hydrogens is 432 g/mol. The van der Waals surface area contributed by atoms with Gasteiger partial charge in [0.1, 0.15) is 0 Å². The van der Waals surface area contributed by atoms with E-state index in [1.165, 1.54) is 0 Å². The van der Waals surface area contributed by atoms with Crippen LogP contribution in [0.2, 0.25) is 0 Å². The normalized spacial score (nSPS) is 15.4. The quantitative estimate of drug-likeness (QED) is 0.544. The molecule has 0 saturated carbocycles. The fourth-order valence-electron chi connectivity index (χ4n) is 4.25. The standard InChI is InChI=1S/C26H28N4O4/c1-4-19-10-8-9-13-22(19)29-15-20(14-24(29)32)26(33)34-16-23(31)27-25-17(2)28-30(18(25)3)21-11-6-5-7-12-21/h5-13,20H,4,14-16H2,1-3H3,(H,27,31). The largest absolute Gasteiger partial charge is 0.455 e. The fourth-order valence-corrected chi connectivity index (χ4v) is 4.25. The van der Waals surface area contributed by atoms with E-state index in [9.17, 15) is 14.4 Å². The van der Waals surface area contributed by atoms with Gasteiger partial charge in [0.25, 0.3) is 5.91 Å². The van der Waals surface area contributed by atoms with Crippen molar-refractivity contribution in [1.82, 2.24) is 9.78 Å². The summed E-state index contributed by atoms with van der Waals surface area (Å²) >= 11 is 0. The molecule has 1 aromatic heterocycles. The van der Waals surface area contributed by atoms with E-state index in [0.717, 1.165) is 29.1 Å². The fraction of sp³-hybridized carbons (Fsp3) is 0.308. The van der Waals surface area contributed by atoms with Crippen molar-refractivity contribution in [1.29, 1.82) is 0 Å². The Labute approximate surface area is 198 Å². The highest BCUT2D eigenvalue weighted by atomic mass is 16.5. The second-order valence-electron chi connectivity index (χ2n) is 8.34. The molecule has 176 valence electrons. The Morgan fingerprint density at radius 3 is 2.53 bits per heavy atom. The van der Waals surface area contributed by atoms with Crippen LogP contribution in [-0.4, -0.2) is 40.7 Å². The van der Waals surface area contributed by atoms with E-state index in [1.54, 1.807) is 16.5 Å². The number of hydrogen-bond donors (Lipinski definition) is 1. The maximum Gasteiger partial charge on any atom is 0.311 e. The van der Waals surface area contributed by atoms with Gasteiger partial charge in [0.15, 0.2) is 6.61 Å². The third-order valence-electron chi connectivity index (χ3n) is 6.02. The van der Waals surface area contributed by atoms with Crippen molar-refractivity contribution in [3.05, 3.63) is 71.5 Å². The number of aromatic nitrogens is 2. The maximum atomic E-state index is 12.6. The minimum Gasteiger partial charge on any atom is -0.455 e. The molecule has 0 radical (unpaired) electrons. The number of amides is 2. The summed E-state index contributed by atoms with van der Waals surface area (Å²) in [5.74, 6) is -1.72. The number of anilines is 2. The topological polar surface area (TPSA) is 93.5 Å². The Balaban J connectivity index is 1.36. The van der Waals surface area contributed by atoms with E-state index in [0.29, 0.717) is 11.4 Å². The van der Waals surface area contributed by atoms with E-state index in [2.05, 4.69) is 10.4 Å². The van der Waals surface area contributed by atoms with Crippen molar-refractivity contribution >= 4 is 29.2 Å². The van der Waals surface area contributed by atoms with Crippen LogP contribution in [0.5, 0.6) is 0 Å². The SMILES string of the molecule is CCc1ccccc1N1CC(C(=O)OCC(=O)Nc2c(C)nn(-c3ccccc3)c2C)CC1=O. The number of benzene rings is 2. The van der Waals surface area contributed by atoms with Gasteiger partial charge < -0.3 is 15.0 Å². The van der Waals surface area contributed by atoms with Crippen molar-refractivity contribution in [2.45, 2.75) is 33.6 Å². The molecule has 0 aliphatic carbocycles. The summed E-state index contributed by atoms with van der Waals surface area (Å²) in [4.78, 5) is 39.3. The molecule has 2 amide bonds. The van der Waals surface area contributed by atoms with Gasteiger partial charge in [-0.3, -0.25) is 14.4 Å². The van der Waals surface area contributed by atoms with Gasteiger partial charge in [-0.1, -0.05) is 43.3 Å². The van der Waals surface area contributed by atoms with Crippen LogP contribution >= 0.6 is 0 Å². The predicted molar refractivity (Wildman–Crippen MR) is 129 cm³/mol.